The Morgan fingerprint density at radius 1 is 1.62 bits per heavy atom. The van der Waals surface area contributed by atoms with E-state index in [1.165, 1.54) is 0 Å². The highest BCUT2D eigenvalue weighted by Crippen LogP contribution is 2.58. The summed E-state index contributed by atoms with van der Waals surface area (Å²) < 4.78 is 15.0. The first-order valence-electron chi connectivity index (χ1n) is 3.47. The minimum Gasteiger partial charge on any atom is -0.478 e. The van der Waals surface area contributed by atoms with Gasteiger partial charge in [0, 0.05) is 22.5 Å². The molecule has 0 heterocycles. The van der Waals surface area contributed by atoms with E-state index in [4.69, 9.17) is 27.6 Å². The van der Waals surface area contributed by atoms with E-state index in [0.717, 1.165) is 6.26 Å². The molecule has 0 aliphatic carbocycles. The molecule has 0 aromatic heterocycles. The molecule has 0 saturated carbocycles. The number of halogens is 2. The average molecular weight is 247 g/mol. The highest BCUT2D eigenvalue weighted by Gasteiger charge is 2.15. The van der Waals surface area contributed by atoms with E-state index in [9.17, 15) is 9.36 Å². The fourth-order valence-electron chi connectivity index (χ4n) is 0.611. The van der Waals surface area contributed by atoms with Crippen LogP contribution in [0.2, 0.25) is 0 Å². The highest BCUT2D eigenvalue weighted by atomic mass is 35.9. The Labute approximate surface area is 85.5 Å². The van der Waals surface area contributed by atoms with Crippen LogP contribution in [0.15, 0.2) is 11.8 Å². The summed E-state index contributed by atoms with van der Waals surface area (Å²) in [4.78, 5) is 10.5. The van der Waals surface area contributed by atoms with Gasteiger partial charge in [0.25, 0.3) is 0 Å². The first kappa shape index (κ1) is 12.8. The summed E-state index contributed by atoms with van der Waals surface area (Å²) in [6, 6.07) is 0. The molecule has 0 spiro atoms. The van der Waals surface area contributed by atoms with Crippen LogP contribution in [0, 0.1) is 0 Å². The summed E-state index contributed by atoms with van der Waals surface area (Å²) in [5, 5.41) is 8.58. The molecule has 0 fully saturated rings. The molecule has 0 radical (unpaired) electrons. The van der Waals surface area contributed by atoms with Crippen LogP contribution < -0.4 is 0 Å². The fraction of sp³-hybridized carbons (Fsp3) is 0.500. The second-order valence-electron chi connectivity index (χ2n) is 2.22. The van der Waals surface area contributed by atoms with Crippen molar-refractivity contribution in [3.63, 3.8) is 0 Å². The van der Waals surface area contributed by atoms with Gasteiger partial charge in [0.2, 0.25) is 0 Å². The molecule has 0 aliphatic heterocycles. The van der Waals surface area contributed by atoms with E-state index in [1.54, 1.807) is 6.92 Å². The molecule has 0 saturated heterocycles. The van der Waals surface area contributed by atoms with Crippen molar-refractivity contribution in [3.05, 3.63) is 11.8 Å². The number of hydrogen-bond acceptors (Lipinski definition) is 3. The summed E-state index contributed by atoms with van der Waals surface area (Å²) >= 11 is 10.1. The number of aliphatic carboxylic acids is 1. The molecule has 76 valence electrons. The molecule has 0 aliphatic rings. The third-order valence-corrected chi connectivity index (χ3v) is 1.94. The van der Waals surface area contributed by atoms with Crippen LogP contribution in [0.25, 0.3) is 0 Å². The number of carbonyl (C=O) groups is 1. The number of carboxylic acid groups (broad SMARTS) is 1. The quantitative estimate of drug-likeness (QED) is 0.459. The largest absolute Gasteiger partial charge is 0.478 e. The van der Waals surface area contributed by atoms with Crippen molar-refractivity contribution in [2.75, 3.05) is 0 Å². The first-order chi connectivity index (χ1) is 5.87. The Morgan fingerprint density at radius 2 is 2.15 bits per heavy atom. The molecule has 0 aromatic rings. The van der Waals surface area contributed by atoms with Gasteiger partial charge in [-0.3, -0.25) is 0 Å². The molecule has 0 amide bonds. The molecule has 0 bridgehead atoms. The standard InChI is InChI=1S/C6H9Cl2O4P/c1-2-3-5(6(9)10)4-12-13(7,8)11/h4H,2-3H2,1H3,(H,9,10). The molecular weight excluding hydrogens is 238 g/mol. The third kappa shape index (κ3) is 6.94. The van der Waals surface area contributed by atoms with Gasteiger partial charge in [-0.2, -0.15) is 0 Å². The molecule has 0 aromatic carbocycles. The van der Waals surface area contributed by atoms with Crippen LogP contribution in [-0.4, -0.2) is 11.1 Å². The maximum absolute atomic E-state index is 10.6. The van der Waals surface area contributed by atoms with Crippen LogP contribution in [0.3, 0.4) is 0 Å². The summed E-state index contributed by atoms with van der Waals surface area (Å²) in [6.07, 6.45) is -1.91. The smallest absolute Gasteiger partial charge is 0.427 e. The number of carboxylic acids is 1. The summed E-state index contributed by atoms with van der Waals surface area (Å²) in [5.74, 6) is -1.14. The van der Waals surface area contributed by atoms with Crippen molar-refractivity contribution < 1.29 is 19.0 Å². The normalized spacial score (nSPS) is 12.7. The maximum atomic E-state index is 10.6. The van der Waals surface area contributed by atoms with E-state index in [1.807, 2.05) is 0 Å². The van der Waals surface area contributed by atoms with E-state index >= 15 is 0 Å². The molecule has 0 unspecified atom stereocenters. The van der Waals surface area contributed by atoms with Crippen molar-refractivity contribution in [2.45, 2.75) is 19.8 Å². The minimum absolute atomic E-state index is 0.0102. The maximum Gasteiger partial charge on any atom is 0.427 e. The highest BCUT2D eigenvalue weighted by molar-refractivity contribution is 8.05. The van der Waals surface area contributed by atoms with Gasteiger partial charge in [-0.15, -0.1) is 0 Å². The van der Waals surface area contributed by atoms with Crippen LogP contribution in [0.1, 0.15) is 19.8 Å². The Hall–Kier alpha value is -0.180. The van der Waals surface area contributed by atoms with Gasteiger partial charge in [-0.1, -0.05) is 13.3 Å². The SMILES string of the molecule is CCCC(=COP(=O)(Cl)Cl)C(=O)O. The van der Waals surface area contributed by atoms with E-state index in [0.29, 0.717) is 12.8 Å². The predicted molar refractivity (Wildman–Crippen MR) is 51.0 cm³/mol. The van der Waals surface area contributed by atoms with Gasteiger partial charge in [-0.05, 0) is 6.42 Å². The fourth-order valence-corrected chi connectivity index (χ4v) is 1.10. The average Bonchev–Trinajstić information content (AvgIpc) is 1.95. The van der Waals surface area contributed by atoms with E-state index in [2.05, 4.69) is 4.52 Å². The van der Waals surface area contributed by atoms with Gasteiger partial charge < -0.3 is 9.63 Å². The summed E-state index contributed by atoms with van der Waals surface area (Å²) in [7, 11) is 0. The monoisotopic (exact) mass is 246 g/mol. The van der Waals surface area contributed by atoms with Gasteiger partial charge in [0.1, 0.15) is 6.26 Å². The van der Waals surface area contributed by atoms with Gasteiger partial charge in [-0.25, -0.2) is 9.36 Å². The Bertz CT molecular complexity index is 257. The minimum atomic E-state index is -3.68. The Balaban J connectivity index is 4.37. The lowest BCUT2D eigenvalue weighted by Crippen LogP contribution is -2.00. The zero-order chi connectivity index (χ0) is 10.5. The lowest BCUT2D eigenvalue weighted by atomic mass is 10.2. The lowest BCUT2D eigenvalue weighted by Gasteiger charge is -2.02. The Morgan fingerprint density at radius 3 is 2.46 bits per heavy atom. The van der Waals surface area contributed by atoms with Crippen molar-refractivity contribution in [2.24, 2.45) is 0 Å². The van der Waals surface area contributed by atoms with Crippen molar-refractivity contribution in [3.8, 4) is 0 Å². The van der Waals surface area contributed by atoms with Crippen molar-refractivity contribution >= 4 is 34.5 Å². The lowest BCUT2D eigenvalue weighted by molar-refractivity contribution is -0.132. The van der Waals surface area contributed by atoms with Gasteiger partial charge in [0.05, 0.1) is 5.57 Å². The van der Waals surface area contributed by atoms with Crippen LogP contribution in [-0.2, 0) is 13.9 Å². The topological polar surface area (TPSA) is 63.6 Å². The summed E-state index contributed by atoms with van der Waals surface area (Å²) in [5.41, 5.74) is -0.0102. The molecule has 1 N–H and O–H groups in total. The van der Waals surface area contributed by atoms with Gasteiger partial charge >= 0.3 is 12.0 Å². The van der Waals surface area contributed by atoms with Crippen LogP contribution in [0.4, 0.5) is 0 Å². The van der Waals surface area contributed by atoms with E-state index < -0.39 is 12.0 Å². The second kappa shape index (κ2) is 5.53. The molecule has 0 rings (SSSR count). The molecule has 13 heavy (non-hydrogen) atoms. The third-order valence-electron chi connectivity index (χ3n) is 1.11. The van der Waals surface area contributed by atoms with Crippen molar-refractivity contribution in [1.29, 1.82) is 0 Å². The number of hydrogen-bond donors (Lipinski definition) is 1. The molecular formula is C6H9Cl2O4P. The second-order valence-corrected chi connectivity index (χ2v) is 6.45. The van der Waals surface area contributed by atoms with Crippen LogP contribution in [0.5, 0.6) is 0 Å². The zero-order valence-electron chi connectivity index (χ0n) is 6.87. The summed E-state index contributed by atoms with van der Waals surface area (Å²) in [6.45, 7) is 1.80. The predicted octanol–water partition coefficient (Wildman–Crippen LogP) is 3.36. The first-order valence-corrected chi connectivity index (χ1v) is 6.90. The molecule has 7 heteroatoms. The van der Waals surface area contributed by atoms with Crippen molar-refractivity contribution in [1.82, 2.24) is 0 Å². The van der Waals surface area contributed by atoms with Crippen LogP contribution >= 0.6 is 28.6 Å². The number of rotatable bonds is 5. The molecule has 4 nitrogen and oxygen atoms in total. The zero-order valence-corrected chi connectivity index (χ0v) is 9.27. The van der Waals surface area contributed by atoms with Gasteiger partial charge in [0.15, 0.2) is 0 Å². The Kier molecular flexibility index (Phi) is 5.45. The molecule has 0 atom stereocenters. The van der Waals surface area contributed by atoms with E-state index in [-0.39, 0.29) is 5.57 Å².